The Balaban J connectivity index is 2.02. The zero-order chi connectivity index (χ0) is 18.0. The minimum Gasteiger partial charge on any atom is -0.420 e. The van der Waals surface area contributed by atoms with Gasteiger partial charge in [-0.05, 0) is 18.2 Å². The number of nitro groups is 1. The highest BCUT2D eigenvalue weighted by atomic mass is 16.6. The lowest BCUT2D eigenvalue weighted by Crippen LogP contribution is -2.33. The monoisotopic (exact) mass is 338 g/mol. The van der Waals surface area contributed by atoms with Crippen molar-refractivity contribution in [2.24, 2.45) is 10.7 Å². The number of guanidine groups is 1. The summed E-state index contributed by atoms with van der Waals surface area (Å²) in [5, 5.41) is 11.6. The molecule has 0 spiro atoms. The second-order valence-electron chi connectivity index (χ2n) is 5.26. The van der Waals surface area contributed by atoms with Crippen LogP contribution in [0.2, 0.25) is 0 Å². The van der Waals surface area contributed by atoms with E-state index in [1.807, 2.05) is 6.07 Å². The lowest BCUT2D eigenvalue weighted by atomic mass is 10.2. The second-order valence-corrected chi connectivity index (χ2v) is 5.26. The van der Waals surface area contributed by atoms with Gasteiger partial charge < -0.3 is 15.1 Å². The van der Waals surface area contributed by atoms with Crippen molar-refractivity contribution in [1.82, 2.24) is 0 Å². The van der Waals surface area contributed by atoms with Crippen LogP contribution in [0.1, 0.15) is 0 Å². The SMILES string of the molecule is CN(C(N)=Nc1cccc([N+](=O)[O-])c1)c1cccc2ccc(=O)oc12. The normalized spacial score (nSPS) is 11.5. The van der Waals surface area contributed by atoms with E-state index in [1.54, 1.807) is 36.2 Å². The Labute approximate surface area is 142 Å². The lowest BCUT2D eigenvalue weighted by molar-refractivity contribution is -0.384. The molecule has 0 amide bonds. The molecule has 8 heteroatoms. The third-order valence-corrected chi connectivity index (χ3v) is 3.62. The molecule has 0 atom stereocenters. The number of nitro benzene ring substituents is 1. The predicted octanol–water partition coefficient (Wildman–Crippen LogP) is 2.78. The number of para-hydroxylation sites is 1. The van der Waals surface area contributed by atoms with Crippen molar-refractivity contribution >= 4 is 34.0 Å². The van der Waals surface area contributed by atoms with Gasteiger partial charge in [0, 0.05) is 30.6 Å². The van der Waals surface area contributed by atoms with E-state index in [0.717, 1.165) is 5.39 Å². The van der Waals surface area contributed by atoms with Crippen LogP contribution >= 0.6 is 0 Å². The van der Waals surface area contributed by atoms with Gasteiger partial charge in [0.1, 0.15) is 0 Å². The maximum Gasteiger partial charge on any atom is 0.336 e. The van der Waals surface area contributed by atoms with Crippen LogP contribution in [0.15, 0.2) is 68.8 Å². The Hall–Kier alpha value is -3.68. The van der Waals surface area contributed by atoms with Gasteiger partial charge >= 0.3 is 5.63 Å². The fourth-order valence-electron chi connectivity index (χ4n) is 2.35. The number of nitrogens with two attached hydrogens (primary N) is 1. The van der Waals surface area contributed by atoms with Gasteiger partial charge in [-0.3, -0.25) is 10.1 Å². The van der Waals surface area contributed by atoms with Crippen molar-refractivity contribution in [1.29, 1.82) is 0 Å². The number of nitrogens with zero attached hydrogens (tertiary/aromatic N) is 3. The Morgan fingerprint density at radius 3 is 2.72 bits per heavy atom. The molecular formula is C17H14N4O4. The number of fused-ring (bicyclic) bond motifs is 1. The van der Waals surface area contributed by atoms with Gasteiger partial charge in [-0.25, -0.2) is 9.79 Å². The van der Waals surface area contributed by atoms with Gasteiger partial charge in [0.15, 0.2) is 5.58 Å². The number of non-ortho nitro benzene ring substituents is 1. The fourth-order valence-corrected chi connectivity index (χ4v) is 2.35. The van der Waals surface area contributed by atoms with Gasteiger partial charge in [-0.15, -0.1) is 0 Å². The number of hydrogen-bond acceptors (Lipinski definition) is 5. The molecule has 0 aliphatic heterocycles. The first-order chi connectivity index (χ1) is 12.0. The Morgan fingerprint density at radius 2 is 1.96 bits per heavy atom. The van der Waals surface area contributed by atoms with Gasteiger partial charge in [0.25, 0.3) is 5.69 Å². The third-order valence-electron chi connectivity index (χ3n) is 3.62. The molecule has 1 heterocycles. The van der Waals surface area contributed by atoms with Crippen molar-refractivity contribution in [3.05, 3.63) is 75.1 Å². The molecule has 1 aromatic heterocycles. The number of benzene rings is 2. The van der Waals surface area contributed by atoms with E-state index in [1.165, 1.54) is 24.3 Å². The Kier molecular flexibility index (Phi) is 4.17. The first-order valence-electron chi connectivity index (χ1n) is 7.31. The summed E-state index contributed by atoms with van der Waals surface area (Å²) in [7, 11) is 1.66. The molecule has 2 aromatic carbocycles. The van der Waals surface area contributed by atoms with E-state index in [4.69, 9.17) is 10.2 Å². The maximum absolute atomic E-state index is 11.5. The van der Waals surface area contributed by atoms with Crippen LogP contribution in [0.4, 0.5) is 17.1 Å². The largest absolute Gasteiger partial charge is 0.420 e. The summed E-state index contributed by atoms with van der Waals surface area (Å²) in [5.41, 5.74) is 6.77. The van der Waals surface area contributed by atoms with Gasteiger partial charge in [0.2, 0.25) is 5.96 Å². The topological polar surface area (TPSA) is 115 Å². The molecule has 0 saturated heterocycles. The third kappa shape index (κ3) is 3.32. The predicted molar refractivity (Wildman–Crippen MR) is 95.3 cm³/mol. The van der Waals surface area contributed by atoms with Crippen molar-refractivity contribution in [3.63, 3.8) is 0 Å². The van der Waals surface area contributed by atoms with Crippen molar-refractivity contribution in [2.75, 3.05) is 11.9 Å². The molecule has 0 unspecified atom stereocenters. The van der Waals surface area contributed by atoms with E-state index in [-0.39, 0.29) is 11.6 Å². The minimum absolute atomic E-state index is 0.0761. The molecular weight excluding hydrogens is 324 g/mol. The number of anilines is 1. The summed E-state index contributed by atoms with van der Waals surface area (Å²) in [6.45, 7) is 0. The first-order valence-corrected chi connectivity index (χ1v) is 7.31. The smallest absolute Gasteiger partial charge is 0.336 e. The number of hydrogen-bond donors (Lipinski definition) is 1. The van der Waals surface area contributed by atoms with Crippen LogP contribution in [-0.2, 0) is 0 Å². The van der Waals surface area contributed by atoms with Crippen molar-refractivity contribution < 1.29 is 9.34 Å². The van der Waals surface area contributed by atoms with Gasteiger partial charge in [0.05, 0.1) is 16.3 Å². The van der Waals surface area contributed by atoms with E-state index in [0.29, 0.717) is 17.0 Å². The summed E-state index contributed by atoms with van der Waals surface area (Å²) >= 11 is 0. The van der Waals surface area contributed by atoms with Crippen LogP contribution in [0, 0.1) is 10.1 Å². The molecule has 0 bridgehead atoms. The maximum atomic E-state index is 11.5. The molecule has 0 saturated carbocycles. The van der Waals surface area contributed by atoms with Crippen LogP contribution in [0.3, 0.4) is 0 Å². The highest BCUT2D eigenvalue weighted by Crippen LogP contribution is 2.25. The zero-order valence-electron chi connectivity index (χ0n) is 13.2. The highest BCUT2D eigenvalue weighted by Gasteiger charge is 2.12. The molecule has 0 fully saturated rings. The summed E-state index contributed by atoms with van der Waals surface area (Å²) in [6, 6.07) is 14.2. The van der Waals surface area contributed by atoms with Gasteiger partial charge in [-0.2, -0.15) is 0 Å². The molecule has 126 valence electrons. The molecule has 8 nitrogen and oxygen atoms in total. The molecule has 0 aliphatic carbocycles. The quantitative estimate of drug-likeness (QED) is 0.258. The van der Waals surface area contributed by atoms with E-state index in [9.17, 15) is 14.9 Å². The summed E-state index contributed by atoms with van der Waals surface area (Å²) < 4.78 is 5.27. The Morgan fingerprint density at radius 1 is 1.20 bits per heavy atom. The molecule has 3 rings (SSSR count). The zero-order valence-corrected chi connectivity index (χ0v) is 13.2. The summed E-state index contributed by atoms with van der Waals surface area (Å²) in [6.07, 6.45) is 0. The molecule has 0 radical (unpaired) electrons. The Bertz CT molecular complexity index is 1040. The highest BCUT2D eigenvalue weighted by molar-refractivity contribution is 6.02. The molecule has 0 aliphatic rings. The lowest BCUT2D eigenvalue weighted by Gasteiger charge is -2.19. The van der Waals surface area contributed by atoms with Crippen molar-refractivity contribution in [2.45, 2.75) is 0 Å². The van der Waals surface area contributed by atoms with Crippen LogP contribution in [-0.4, -0.2) is 17.9 Å². The standard InChI is InChI=1S/C17H14N4O4/c1-20(14-7-2-4-11-8-9-15(22)25-16(11)14)17(18)19-12-5-3-6-13(10-12)21(23)24/h2-10H,1H3,(H2,18,19). The summed E-state index contributed by atoms with van der Waals surface area (Å²) in [5.74, 6) is 0.0968. The average molecular weight is 338 g/mol. The van der Waals surface area contributed by atoms with Crippen LogP contribution < -0.4 is 16.3 Å². The van der Waals surface area contributed by atoms with Crippen LogP contribution in [0.25, 0.3) is 11.0 Å². The van der Waals surface area contributed by atoms with Crippen molar-refractivity contribution in [3.8, 4) is 0 Å². The number of aliphatic imine (C=N–C) groups is 1. The van der Waals surface area contributed by atoms with Crippen LogP contribution in [0.5, 0.6) is 0 Å². The van der Waals surface area contributed by atoms with E-state index < -0.39 is 10.5 Å². The first kappa shape index (κ1) is 16.2. The summed E-state index contributed by atoms with van der Waals surface area (Å²) in [4.78, 5) is 27.6. The molecule has 25 heavy (non-hydrogen) atoms. The molecule has 2 N–H and O–H groups in total. The van der Waals surface area contributed by atoms with E-state index in [2.05, 4.69) is 4.99 Å². The number of rotatable bonds is 3. The average Bonchev–Trinajstić information content (AvgIpc) is 2.60. The second kappa shape index (κ2) is 6.44. The fraction of sp³-hybridized carbons (Fsp3) is 0.0588. The molecule has 3 aromatic rings. The minimum atomic E-state index is -0.502. The van der Waals surface area contributed by atoms with Gasteiger partial charge in [-0.1, -0.05) is 18.2 Å². The van der Waals surface area contributed by atoms with E-state index >= 15 is 0 Å².